The van der Waals surface area contributed by atoms with Crippen molar-refractivity contribution in [2.24, 2.45) is 5.92 Å². The molecule has 0 aromatic heterocycles. The number of piperidine rings is 1. The highest BCUT2D eigenvalue weighted by Crippen LogP contribution is 2.31. The molecule has 1 fully saturated rings. The molecule has 1 aromatic carbocycles. The molecule has 0 aliphatic carbocycles. The van der Waals surface area contributed by atoms with Gasteiger partial charge in [0.2, 0.25) is 0 Å². The minimum atomic E-state index is -0.447. The Kier molecular flexibility index (Phi) is 4.57. The van der Waals surface area contributed by atoms with Crippen molar-refractivity contribution in [3.63, 3.8) is 0 Å². The van der Waals surface area contributed by atoms with Crippen molar-refractivity contribution >= 4 is 5.69 Å². The monoisotopic (exact) mass is 266 g/mol. The SMILES string of the molecule is COc1ccc(OCC2CCCNC2)c([N+](=O)[O-])c1. The van der Waals surface area contributed by atoms with Crippen LogP contribution in [0.15, 0.2) is 18.2 Å². The molecule has 0 radical (unpaired) electrons. The van der Waals surface area contributed by atoms with Gasteiger partial charge in [0, 0.05) is 12.5 Å². The molecule has 1 saturated heterocycles. The van der Waals surface area contributed by atoms with Crippen molar-refractivity contribution in [3.8, 4) is 11.5 Å². The van der Waals surface area contributed by atoms with Gasteiger partial charge >= 0.3 is 5.69 Å². The molecule has 0 spiro atoms. The number of hydrogen-bond acceptors (Lipinski definition) is 5. The molecule has 0 amide bonds. The summed E-state index contributed by atoms with van der Waals surface area (Å²) in [6, 6.07) is 4.64. The minimum Gasteiger partial charge on any atom is -0.496 e. The summed E-state index contributed by atoms with van der Waals surface area (Å²) in [6.07, 6.45) is 2.22. The molecule has 6 heteroatoms. The molecule has 104 valence electrons. The van der Waals surface area contributed by atoms with Crippen molar-refractivity contribution in [2.75, 3.05) is 26.8 Å². The molecule has 2 rings (SSSR count). The number of ether oxygens (including phenoxy) is 2. The van der Waals surface area contributed by atoms with Gasteiger partial charge in [-0.3, -0.25) is 10.1 Å². The Morgan fingerprint density at radius 2 is 2.37 bits per heavy atom. The molecule has 1 N–H and O–H groups in total. The fraction of sp³-hybridized carbons (Fsp3) is 0.538. The highest BCUT2D eigenvalue weighted by atomic mass is 16.6. The van der Waals surface area contributed by atoms with Crippen LogP contribution < -0.4 is 14.8 Å². The van der Waals surface area contributed by atoms with Crippen molar-refractivity contribution in [3.05, 3.63) is 28.3 Å². The van der Waals surface area contributed by atoms with Crippen LogP contribution >= 0.6 is 0 Å². The summed E-state index contributed by atoms with van der Waals surface area (Å²) in [4.78, 5) is 10.6. The molecule has 1 heterocycles. The van der Waals surface area contributed by atoms with Crippen molar-refractivity contribution in [1.82, 2.24) is 5.32 Å². The molecule has 19 heavy (non-hydrogen) atoms. The van der Waals surface area contributed by atoms with Crippen molar-refractivity contribution in [2.45, 2.75) is 12.8 Å². The second-order valence-corrected chi connectivity index (χ2v) is 4.61. The van der Waals surface area contributed by atoms with Gasteiger partial charge in [0.25, 0.3) is 0 Å². The molecular weight excluding hydrogens is 248 g/mol. The van der Waals surface area contributed by atoms with Crippen molar-refractivity contribution < 1.29 is 14.4 Å². The summed E-state index contributed by atoms with van der Waals surface area (Å²) in [5.41, 5.74) is -0.0527. The highest BCUT2D eigenvalue weighted by Gasteiger charge is 2.19. The van der Waals surface area contributed by atoms with E-state index < -0.39 is 4.92 Å². The number of nitro groups is 1. The van der Waals surface area contributed by atoms with Gasteiger partial charge in [-0.1, -0.05) is 0 Å². The Morgan fingerprint density at radius 1 is 1.53 bits per heavy atom. The third kappa shape index (κ3) is 3.57. The number of benzene rings is 1. The van der Waals surface area contributed by atoms with Gasteiger partial charge in [0.15, 0.2) is 5.75 Å². The summed E-state index contributed by atoms with van der Waals surface area (Å²) >= 11 is 0. The van der Waals surface area contributed by atoms with E-state index in [9.17, 15) is 10.1 Å². The average Bonchev–Trinajstić information content (AvgIpc) is 2.46. The molecule has 0 saturated carbocycles. The lowest BCUT2D eigenvalue weighted by atomic mass is 10.0. The average molecular weight is 266 g/mol. The van der Waals surface area contributed by atoms with Gasteiger partial charge in [-0.15, -0.1) is 0 Å². The fourth-order valence-corrected chi connectivity index (χ4v) is 2.16. The first-order chi connectivity index (χ1) is 9.20. The van der Waals surface area contributed by atoms with Gasteiger partial charge in [-0.05, 0) is 31.5 Å². The zero-order valence-electron chi connectivity index (χ0n) is 10.9. The van der Waals surface area contributed by atoms with E-state index in [2.05, 4.69) is 5.32 Å². The van der Waals surface area contributed by atoms with Crippen LogP contribution in [0, 0.1) is 16.0 Å². The van der Waals surface area contributed by atoms with Gasteiger partial charge < -0.3 is 14.8 Å². The molecule has 0 bridgehead atoms. The topological polar surface area (TPSA) is 73.6 Å². The maximum atomic E-state index is 11.0. The number of nitro benzene ring substituents is 1. The van der Waals surface area contributed by atoms with Crippen LogP contribution in [0.2, 0.25) is 0 Å². The lowest BCUT2D eigenvalue weighted by molar-refractivity contribution is -0.386. The fourth-order valence-electron chi connectivity index (χ4n) is 2.16. The van der Waals surface area contributed by atoms with Crippen molar-refractivity contribution in [1.29, 1.82) is 0 Å². The van der Waals surface area contributed by atoms with E-state index in [1.807, 2.05) is 0 Å². The minimum absolute atomic E-state index is 0.0527. The summed E-state index contributed by atoms with van der Waals surface area (Å²) in [5, 5.41) is 14.3. The van der Waals surface area contributed by atoms with E-state index in [1.165, 1.54) is 13.2 Å². The Balaban J connectivity index is 2.04. The van der Waals surface area contributed by atoms with E-state index in [0.29, 0.717) is 24.0 Å². The third-order valence-corrected chi connectivity index (χ3v) is 3.24. The Labute approximate surface area is 111 Å². The maximum Gasteiger partial charge on any atom is 0.314 e. The number of nitrogens with one attached hydrogen (secondary N) is 1. The summed E-state index contributed by atoms with van der Waals surface area (Å²) in [5.74, 6) is 1.17. The normalized spacial score (nSPS) is 18.9. The van der Waals surface area contributed by atoms with Crippen LogP contribution in [-0.4, -0.2) is 31.7 Å². The largest absolute Gasteiger partial charge is 0.496 e. The summed E-state index contributed by atoms with van der Waals surface area (Å²) in [7, 11) is 1.48. The van der Waals surface area contributed by atoms with Gasteiger partial charge in [-0.25, -0.2) is 0 Å². The van der Waals surface area contributed by atoms with E-state index in [-0.39, 0.29) is 5.69 Å². The van der Waals surface area contributed by atoms with Crippen LogP contribution in [0.4, 0.5) is 5.69 Å². The smallest absolute Gasteiger partial charge is 0.314 e. The quantitative estimate of drug-likeness (QED) is 0.651. The van der Waals surface area contributed by atoms with Crippen LogP contribution in [0.3, 0.4) is 0 Å². The Bertz CT molecular complexity index is 444. The van der Waals surface area contributed by atoms with E-state index >= 15 is 0 Å². The van der Waals surface area contributed by atoms with Crippen LogP contribution in [-0.2, 0) is 0 Å². The molecule has 1 aliphatic rings. The standard InChI is InChI=1S/C13H18N2O4/c1-18-11-4-5-13(12(7-11)15(16)17)19-9-10-3-2-6-14-8-10/h4-5,7,10,14H,2-3,6,8-9H2,1H3. The Hall–Kier alpha value is -1.82. The number of hydrogen-bond donors (Lipinski definition) is 1. The summed E-state index contributed by atoms with van der Waals surface area (Å²) in [6.45, 7) is 2.45. The number of rotatable bonds is 5. The molecule has 1 atom stereocenters. The lowest BCUT2D eigenvalue weighted by Crippen LogP contribution is -2.33. The maximum absolute atomic E-state index is 11.0. The molecule has 6 nitrogen and oxygen atoms in total. The van der Waals surface area contributed by atoms with Crippen LogP contribution in [0.5, 0.6) is 11.5 Å². The van der Waals surface area contributed by atoms with Crippen LogP contribution in [0.25, 0.3) is 0 Å². The van der Waals surface area contributed by atoms with E-state index in [1.54, 1.807) is 12.1 Å². The van der Waals surface area contributed by atoms with Crippen LogP contribution in [0.1, 0.15) is 12.8 Å². The third-order valence-electron chi connectivity index (χ3n) is 3.24. The number of methoxy groups -OCH3 is 1. The van der Waals surface area contributed by atoms with E-state index in [4.69, 9.17) is 9.47 Å². The molecule has 1 aromatic rings. The molecule has 1 unspecified atom stereocenters. The zero-order chi connectivity index (χ0) is 13.7. The number of nitrogens with zero attached hydrogens (tertiary/aromatic N) is 1. The first kappa shape index (κ1) is 13.6. The molecular formula is C13H18N2O4. The Morgan fingerprint density at radius 3 is 3.00 bits per heavy atom. The predicted octanol–water partition coefficient (Wildman–Crippen LogP) is 1.98. The first-order valence-electron chi connectivity index (χ1n) is 6.36. The van der Waals surface area contributed by atoms with Gasteiger partial charge in [0.05, 0.1) is 24.7 Å². The zero-order valence-corrected chi connectivity index (χ0v) is 10.9. The second-order valence-electron chi connectivity index (χ2n) is 4.61. The van der Waals surface area contributed by atoms with Gasteiger partial charge in [0.1, 0.15) is 5.75 Å². The van der Waals surface area contributed by atoms with E-state index in [0.717, 1.165) is 25.9 Å². The first-order valence-corrected chi connectivity index (χ1v) is 6.36. The summed E-state index contributed by atoms with van der Waals surface area (Å²) < 4.78 is 10.6. The molecule has 1 aliphatic heterocycles. The lowest BCUT2D eigenvalue weighted by Gasteiger charge is -2.22. The second kappa shape index (κ2) is 6.38. The predicted molar refractivity (Wildman–Crippen MR) is 70.7 cm³/mol. The van der Waals surface area contributed by atoms with Gasteiger partial charge in [-0.2, -0.15) is 0 Å². The highest BCUT2D eigenvalue weighted by molar-refractivity contribution is 5.50.